The zero-order valence-electron chi connectivity index (χ0n) is 10.7. The van der Waals surface area contributed by atoms with Gasteiger partial charge in [0.1, 0.15) is 0 Å². The SMILES string of the molecule is Cc1ccc(C(C)NC(=O)C2CNC(=O)C2)cc1. The number of carbonyl (C=O) groups is 2. The molecule has 2 amide bonds. The van der Waals surface area contributed by atoms with Crippen LogP contribution in [0.15, 0.2) is 24.3 Å². The van der Waals surface area contributed by atoms with E-state index in [0.29, 0.717) is 13.0 Å². The topological polar surface area (TPSA) is 58.2 Å². The van der Waals surface area contributed by atoms with Gasteiger partial charge in [-0.2, -0.15) is 0 Å². The number of benzene rings is 1. The molecule has 0 bridgehead atoms. The van der Waals surface area contributed by atoms with Crippen molar-refractivity contribution in [2.45, 2.75) is 26.3 Å². The Morgan fingerprint density at radius 1 is 1.39 bits per heavy atom. The van der Waals surface area contributed by atoms with Gasteiger partial charge in [0.05, 0.1) is 12.0 Å². The molecule has 1 aliphatic rings. The predicted octanol–water partition coefficient (Wildman–Crippen LogP) is 1.31. The van der Waals surface area contributed by atoms with Crippen LogP contribution in [-0.2, 0) is 9.59 Å². The van der Waals surface area contributed by atoms with Crippen molar-refractivity contribution in [3.63, 3.8) is 0 Å². The highest BCUT2D eigenvalue weighted by atomic mass is 16.2. The quantitative estimate of drug-likeness (QED) is 0.844. The Morgan fingerprint density at radius 3 is 2.61 bits per heavy atom. The first-order chi connectivity index (χ1) is 8.56. The lowest BCUT2D eigenvalue weighted by Gasteiger charge is -2.16. The fourth-order valence-electron chi connectivity index (χ4n) is 2.06. The summed E-state index contributed by atoms with van der Waals surface area (Å²) in [6, 6.07) is 8.04. The van der Waals surface area contributed by atoms with Crippen LogP contribution in [0.3, 0.4) is 0 Å². The molecule has 1 heterocycles. The van der Waals surface area contributed by atoms with Gasteiger partial charge in [-0.15, -0.1) is 0 Å². The fourth-order valence-corrected chi connectivity index (χ4v) is 2.06. The van der Waals surface area contributed by atoms with E-state index in [1.807, 2.05) is 38.1 Å². The molecule has 2 rings (SSSR count). The largest absolute Gasteiger partial charge is 0.355 e. The molecule has 0 aliphatic carbocycles. The molecule has 0 saturated carbocycles. The minimum Gasteiger partial charge on any atom is -0.355 e. The van der Waals surface area contributed by atoms with E-state index >= 15 is 0 Å². The summed E-state index contributed by atoms with van der Waals surface area (Å²) in [4.78, 5) is 23.0. The average Bonchev–Trinajstić information content (AvgIpc) is 2.76. The molecular formula is C14H18N2O2. The van der Waals surface area contributed by atoms with E-state index < -0.39 is 0 Å². The highest BCUT2D eigenvalue weighted by molar-refractivity contribution is 5.89. The number of amides is 2. The van der Waals surface area contributed by atoms with Crippen LogP contribution in [0, 0.1) is 12.8 Å². The Hall–Kier alpha value is -1.84. The van der Waals surface area contributed by atoms with Crippen LogP contribution in [0.4, 0.5) is 0 Å². The van der Waals surface area contributed by atoms with Gasteiger partial charge in [0.25, 0.3) is 0 Å². The first-order valence-corrected chi connectivity index (χ1v) is 6.20. The Bertz CT molecular complexity index is 453. The summed E-state index contributed by atoms with van der Waals surface area (Å²) in [5.41, 5.74) is 2.27. The second-order valence-electron chi connectivity index (χ2n) is 4.85. The number of carbonyl (C=O) groups excluding carboxylic acids is 2. The van der Waals surface area contributed by atoms with E-state index in [-0.39, 0.29) is 23.8 Å². The van der Waals surface area contributed by atoms with E-state index in [1.165, 1.54) is 5.56 Å². The number of rotatable bonds is 3. The van der Waals surface area contributed by atoms with Crippen molar-refractivity contribution in [3.8, 4) is 0 Å². The third-order valence-electron chi connectivity index (χ3n) is 3.28. The summed E-state index contributed by atoms with van der Waals surface area (Å²) >= 11 is 0. The van der Waals surface area contributed by atoms with Crippen molar-refractivity contribution in [2.24, 2.45) is 5.92 Å². The number of hydrogen-bond acceptors (Lipinski definition) is 2. The molecule has 1 aromatic rings. The molecule has 18 heavy (non-hydrogen) atoms. The smallest absolute Gasteiger partial charge is 0.225 e. The summed E-state index contributed by atoms with van der Waals surface area (Å²) in [5, 5.41) is 5.62. The Kier molecular flexibility index (Phi) is 3.65. The highest BCUT2D eigenvalue weighted by Gasteiger charge is 2.28. The number of nitrogens with one attached hydrogen (secondary N) is 2. The van der Waals surface area contributed by atoms with Crippen LogP contribution >= 0.6 is 0 Å². The second kappa shape index (κ2) is 5.21. The summed E-state index contributed by atoms with van der Waals surface area (Å²) < 4.78 is 0. The Balaban J connectivity index is 1.94. The molecule has 1 aromatic carbocycles. The lowest BCUT2D eigenvalue weighted by atomic mass is 10.0. The molecule has 0 aromatic heterocycles. The predicted molar refractivity (Wildman–Crippen MR) is 68.9 cm³/mol. The third kappa shape index (κ3) is 2.88. The molecule has 96 valence electrons. The number of hydrogen-bond donors (Lipinski definition) is 2. The molecule has 4 nitrogen and oxygen atoms in total. The normalized spacial score (nSPS) is 20.3. The Labute approximate surface area is 107 Å². The van der Waals surface area contributed by atoms with E-state index in [1.54, 1.807) is 0 Å². The van der Waals surface area contributed by atoms with Crippen LogP contribution in [0.1, 0.15) is 30.5 Å². The molecule has 2 unspecified atom stereocenters. The van der Waals surface area contributed by atoms with Crippen molar-refractivity contribution in [1.29, 1.82) is 0 Å². The zero-order valence-corrected chi connectivity index (χ0v) is 10.7. The molecule has 1 fully saturated rings. The lowest BCUT2D eigenvalue weighted by molar-refractivity contribution is -0.127. The van der Waals surface area contributed by atoms with E-state index in [2.05, 4.69) is 10.6 Å². The molecule has 2 N–H and O–H groups in total. The summed E-state index contributed by atoms with van der Waals surface area (Å²) in [6.45, 7) is 4.43. The minimum absolute atomic E-state index is 0.0335. The van der Waals surface area contributed by atoms with E-state index in [0.717, 1.165) is 5.56 Å². The lowest BCUT2D eigenvalue weighted by Crippen LogP contribution is -2.33. The standard InChI is InChI=1S/C14H18N2O2/c1-9-3-5-11(6-4-9)10(2)16-14(18)12-7-13(17)15-8-12/h3-6,10,12H,7-8H2,1-2H3,(H,15,17)(H,16,18). The molecule has 4 heteroatoms. The molecule has 1 aliphatic heterocycles. The molecule has 2 atom stereocenters. The summed E-state index contributed by atoms with van der Waals surface area (Å²) in [5.74, 6) is -0.329. The van der Waals surface area contributed by atoms with Crippen LogP contribution in [0.5, 0.6) is 0 Å². The number of aryl methyl sites for hydroxylation is 1. The van der Waals surface area contributed by atoms with Gasteiger partial charge in [-0.25, -0.2) is 0 Å². The maximum Gasteiger partial charge on any atom is 0.225 e. The van der Waals surface area contributed by atoms with Gasteiger partial charge in [-0.05, 0) is 19.4 Å². The highest BCUT2D eigenvalue weighted by Crippen LogP contribution is 2.15. The molecule has 0 radical (unpaired) electrons. The van der Waals surface area contributed by atoms with Crippen molar-refractivity contribution >= 4 is 11.8 Å². The Morgan fingerprint density at radius 2 is 2.06 bits per heavy atom. The van der Waals surface area contributed by atoms with Gasteiger partial charge >= 0.3 is 0 Å². The molecule has 0 spiro atoms. The van der Waals surface area contributed by atoms with Crippen molar-refractivity contribution in [3.05, 3.63) is 35.4 Å². The van der Waals surface area contributed by atoms with Gasteiger partial charge in [0, 0.05) is 13.0 Å². The van der Waals surface area contributed by atoms with Crippen molar-refractivity contribution in [1.82, 2.24) is 10.6 Å². The zero-order chi connectivity index (χ0) is 13.1. The van der Waals surface area contributed by atoms with E-state index in [9.17, 15) is 9.59 Å². The van der Waals surface area contributed by atoms with E-state index in [4.69, 9.17) is 0 Å². The summed E-state index contributed by atoms with van der Waals surface area (Å²) in [6.07, 6.45) is 0.298. The monoisotopic (exact) mass is 246 g/mol. The molecular weight excluding hydrogens is 228 g/mol. The van der Waals surface area contributed by atoms with Crippen LogP contribution < -0.4 is 10.6 Å². The molecule has 1 saturated heterocycles. The first-order valence-electron chi connectivity index (χ1n) is 6.20. The van der Waals surface area contributed by atoms with Crippen LogP contribution in [0.2, 0.25) is 0 Å². The minimum atomic E-state index is -0.231. The maximum absolute atomic E-state index is 11.9. The van der Waals surface area contributed by atoms with Crippen LogP contribution in [-0.4, -0.2) is 18.4 Å². The van der Waals surface area contributed by atoms with Gasteiger partial charge in [-0.3, -0.25) is 9.59 Å². The van der Waals surface area contributed by atoms with Gasteiger partial charge < -0.3 is 10.6 Å². The van der Waals surface area contributed by atoms with Gasteiger partial charge in [0.2, 0.25) is 11.8 Å². The maximum atomic E-state index is 11.9. The first kappa shape index (κ1) is 12.6. The van der Waals surface area contributed by atoms with Gasteiger partial charge in [-0.1, -0.05) is 29.8 Å². The second-order valence-corrected chi connectivity index (χ2v) is 4.85. The average molecular weight is 246 g/mol. The summed E-state index contributed by atoms with van der Waals surface area (Å²) in [7, 11) is 0. The fraction of sp³-hybridized carbons (Fsp3) is 0.429. The third-order valence-corrected chi connectivity index (χ3v) is 3.28. The van der Waals surface area contributed by atoms with Crippen molar-refractivity contribution in [2.75, 3.05) is 6.54 Å². The van der Waals surface area contributed by atoms with Crippen molar-refractivity contribution < 1.29 is 9.59 Å². The van der Waals surface area contributed by atoms with Crippen LogP contribution in [0.25, 0.3) is 0 Å². The van der Waals surface area contributed by atoms with Gasteiger partial charge in [0.15, 0.2) is 0 Å².